The monoisotopic (exact) mass is 634 g/mol. The fourth-order valence-electron chi connectivity index (χ4n) is 8.10. The zero-order valence-electron chi connectivity index (χ0n) is 28.0. The van der Waals surface area contributed by atoms with E-state index in [4.69, 9.17) is 9.47 Å². The number of likely N-dealkylation sites (tertiary alicyclic amines) is 1. The van der Waals surface area contributed by atoms with Crippen molar-refractivity contribution in [1.82, 2.24) is 4.90 Å². The summed E-state index contributed by atoms with van der Waals surface area (Å²) in [5, 5.41) is 16.7. The van der Waals surface area contributed by atoms with Gasteiger partial charge in [0.05, 0.1) is 36.7 Å². The number of hydrogen-bond donors (Lipinski definition) is 3. The Labute approximate surface area is 272 Å². The summed E-state index contributed by atoms with van der Waals surface area (Å²) in [7, 11) is 0. The van der Waals surface area contributed by atoms with Crippen LogP contribution in [0.4, 0.5) is 17.1 Å². The lowest BCUT2D eigenvalue weighted by molar-refractivity contribution is -0.149. The first-order chi connectivity index (χ1) is 22.1. The highest BCUT2D eigenvalue weighted by Crippen LogP contribution is 2.65. The maximum atomic E-state index is 14.6. The van der Waals surface area contributed by atoms with Crippen molar-refractivity contribution in [3.8, 4) is 5.75 Å². The van der Waals surface area contributed by atoms with E-state index in [0.717, 1.165) is 18.8 Å². The van der Waals surface area contributed by atoms with Crippen LogP contribution in [-0.2, 0) is 19.1 Å². The van der Waals surface area contributed by atoms with Crippen LogP contribution in [0, 0.1) is 17.8 Å². The summed E-state index contributed by atoms with van der Waals surface area (Å²) in [4.78, 5) is 47.0. The summed E-state index contributed by atoms with van der Waals surface area (Å²) in [5.41, 5.74) is 0.186. The second kappa shape index (κ2) is 13.6. The maximum Gasteiger partial charge on any atom is 0.250 e. The van der Waals surface area contributed by atoms with Gasteiger partial charge in [-0.2, -0.15) is 0 Å². The molecule has 3 N–H and O–H groups in total. The van der Waals surface area contributed by atoms with Crippen LogP contribution in [0.15, 0.2) is 48.5 Å². The first kappa shape index (κ1) is 33.7. The Bertz CT molecular complexity index is 1400. The molecule has 10 nitrogen and oxygen atoms in total. The fraction of sp³-hybridized carbons (Fsp3) is 0.583. The van der Waals surface area contributed by atoms with E-state index in [9.17, 15) is 19.5 Å². The van der Waals surface area contributed by atoms with E-state index in [2.05, 4.69) is 29.4 Å². The molecule has 250 valence electrons. The molecule has 2 unspecified atom stereocenters. The molecular weight excluding hydrogens is 584 g/mol. The van der Waals surface area contributed by atoms with Gasteiger partial charge in [-0.25, -0.2) is 0 Å². The number of anilines is 3. The molecule has 3 heterocycles. The van der Waals surface area contributed by atoms with Gasteiger partial charge in [-0.3, -0.25) is 14.4 Å². The van der Waals surface area contributed by atoms with E-state index in [0.29, 0.717) is 49.4 Å². The molecule has 2 bridgehead atoms. The van der Waals surface area contributed by atoms with Crippen LogP contribution < -0.4 is 20.3 Å². The predicted octanol–water partition coefficient (Wildman–Crippen LogP) is 5.07. The summed E-state index contributed by atoms with van der Waals surface area (Å²) in [6.07, 6.45) is 2.25. The number of benzene rings is 2. The smallest absolute Gasteiger partial charge is 0.250 e. The van der Waals surface area contributed by atoms with Crippen molar-refractivity contribution < 1.29 is 29.0 Å². The summed E-state index contributed by atoms with van der Waals surface area (Å²) < 4.78 is 12.5. The van der Waals surface area contributed by atoms with Gasteiger partial charge in [-0.15, -0.1) is 0 Å². The first-order valence-electron chi connectivity index (χ1n) is 17.0. The number of nitrogens with zero attached hydrogens (tertiary/aromatic N) is 2. The topological polar surface area (TPSA) is 120 Å². The molecule has 46 heavy (non-hydrogen) atoms. The summed E-state index contributed by atoms with van der Waals surface area (Å²) in [5.74, 6) is -2.01. The zero-order valence-corrected chi connectivity index (χ0v) is 28.0. The van der Waals surface area contributed by atoms with Gasteiger partial charge in [0.2, 0.25) is 17.7 Å². The molecule has 2 aromatic rings. The van der Waals surface area contributed by atoms with Crippen molar-refractivity contribution in [1.29, 1.82) is 0 Å². The number of amides is 3. The highest BCUT2D eigenvalue weighted by Gasteiger charge is 2.79. The lowest BCUT2D eigenvalue weighted by Crippen LogP contribution is -2.57. The molecule has 2 aromatic carbocycles. The highest BCUT2D eigenvalue weighted by molar-refractivity contribution is 6.05. The van der Waals surface area contributed by atoms with Gasteiger partial charge >= 0.3 is 0 Å². The number of carbonyl (C=O) groups is 3. The van der Waals surface area contributed by atoms with Gasteiger partial charge in [0, 0.05) is 30.2 Å². The van der Waals surface area contributed by atoms with Crippen molar-refractivity contribution in [3.05, 3.63) is 48.5 Å². The highest BCUT2D eigenvalue weighted by atomic mass is 16.5. The lowest BCUT2D eigenvalue weighted by atomic mass is 9.65. The second-order valence-electron chi connectivity index (χ2n) is 12.9. The number of aliphatic hydroxyl groups excluding tert-OH is 1. The number of ether oxygens (including phenoxy) is 2. The van der Waals surface area contributed by atoms with Crippen LogP contribution in [0.5, 0.6) is 5.75 Å². The Kier molecular flexibility index (Phi) is 9.98. The Morgan fingerprint density at radius 1 is 0.978 bits per heavy atom. The van der Waals surface area contributed by atoms with Crippen molar-refractivity contribution in [2.24, 2.45) is 17.8 Å². The SMILES string of the molecule is CCOc1ccc(NC(=O)[C@H]2[C@H]3C(=O)N([C@@H](CO)[C@@H](C)CC)C(C(=O)Nc4ccc(N(CC)CC)cc4)C34CC[C@]2(CC)O4)cc1. The third-order valence-electron chi connectivity index (χ3n) is 10.7. The minimum Gasteiger partial charge on any atom is -0.494 e. The molecule has 3 saturated heterocycles. The summed E-state index contributed by atoms with van der Waals surface area (Å²) in [6, 6.07) is 13.2. The standard InChI is InChI=1S/C36H50N4O6/c1-7-23(6)28(22-41)40-31(33(43)38-24-12-16-26(17-13-24)39(9-3)10-4)36-21-20-35(8-2,46-36)29(30(36)34(40)44)32(42)37-25-14-18-27(19-15-25)45-11-5/h12-19,23,28-31,41H,7-11,20-22H2,1-6H3,(H,37,42)(H,38,43)/t23-,28-,29+,30-,31?,35-,36?/m0/s1. The number of carbonyl (C=O) groups excluding carboxylic acids is 3. The summed E-state index contributed by atoms with van der Waals surface area (Å²) in [6.45, 7) is 14.0. The Hall–Kier alpha value is -3.63. The minimum absolute atomic E-state index is 0.0821. The van der Waals surface area contributed by atoms with Crippen LogP contribution in [-0.4, -0.2) is 77.3 Å². The molecule has 3 aliphatic rings. The van der Waals surface area contributed by atoms with Crippen molar-refractivity contribution in [2.45, 2.75) is 90.5 Å². The number of fused-ring (bicyclic) bond motifs is 1. The van der Waals surface area contributed by atoms with E-state index in [-0.39, 0.29) is 30.2 Å². The molecule has 1 spiro atoms. The van der Waals surface area contributed by atoms with Gasteiger partial charge in [-0.1, -0.05) is 27.2 Å². The van der Waals surface area contributed by atoms with Crippen LogP contribution >= 0.6 is 0 Å². The van der Waals surface area contributed by atoms with Gasteiger partial charge in [-0.05, 0) is 94.5 Å². The molecule has 3 fully saturated rings. The van der Waals surface area contributed by atoms with E-state index in [1.54, 1.807) is 29.2 Å². The first-order valence-corrected chi connectivity index (χ1v) is 17.0. The van der Waals surface area contributed by atoms with Gasteiger partial charge in [0.25, 0.3) is 0 Å². The average Bonchev–Trinajstić information content (AvgIpc) is 3.67. The third kappa shape index (κ3) is 5.64. The minimum atomic E-state index is -1.19. The molecular formula is C36H50N4O6. The molecule has 3 amide bonds. The molecule has 7 atom stereocenters. The normalized spacial score (nSPS) is 27.7. The Morgan fingerprint density at radius 2 is 1.59 bits per heavy atom. The van der Waals surface area contributed by atoms with Crippen molar-refractivity contribution in [3.63, 3.8) is 0 Å². The van der Waals surface area contributed by atoms with Crippen molar-refractivity contribution >= 4 is 34.8 Å². The van der Waals surface area contributed by atoms with Crippen LogP contribution in [0.2, 0.25) is 0 Å². The van der Waals surface area contributed by atoms with Gasteiger partial charge in [0.1, 0.15) is 17.4 Å². The van der Waals surface area contributed by atoms with E-state index in [1.165, 1.54) is 0 Å². The Balaban J connectivity index is 1.50. The third-order valence-corrected chi connectivity index (χ3v) is 10.7. The Morgan fingerprint density at radius 3 is 2.13 bits per heavy atom. The fourth-order valence-corrected chi connectivity index (χ4v) is 8.10. The predicted molar refractivity (Wildman–Crippen MR) is 179 cm³/mol. The molecule has 3 aliphatic heterocycles. The average molecular weight is 635 g/mol. The molecule has 0 radical (unpaired) electrons. The van der Waals surface area contributed by atoms with Gasteiger partial charge < -0.3 is 35.0 Å². The lowest BCUT2D eigenvalue weighted by Gasteiger charge is -2.39. The van der Waals surface area contributed by atoms with E-state index in [1.807, 2.05) is 52.0 Å². The van der Waals surface area contributed by atoms with Crippen LogP contribution in [0.25, 0.3) is 0 Å². The number of nitrogens with one attached hydrogen (secondary N) is 2. The summed E-state index contributed by atoms with van der Waals surface area (Å²) >= 11 is 0. The van der Waals surface area contributed by atoms with Crippen molar-refractivity contribution in [2.75, 3.05) is 41.8 Å². The second-order valence-corrected chi connectivity index (χ2v) is 12.9. The van der Waals surface area contributed by atoms with Gasteiger partial charge in [0.15, 0.2) is 0 Å². The maximum absolute atomic E-state index is 14.6. The quantitative estimate of drug-likeness (QED) is 0.265. The van der Waals surface area contributed by atoms with E-state index >= 15 is 0 Å². The molecule has 0 saturated carbocycles. The zero-order chi connectivity index (χ0) is 33.2. The number of hydrogen-bond acceptors (Lipinski definition) is 7. The largest absolute Gasteiger partial charge is 0.494 e. The molecule has 0 aromatic heterocycles. The molecule has 10 heteroatoms. The number of rotatable bonds is 14. The molecule has 0 aliphatic carbocycles. The number of aliphatic hydroxyl groups is 1. The van der Waals surface area contributed by atoms with Crippen LogP contribution in [0.1, 0.15) is 67.2 Å². The van der Waals surface area contributed by atoms with E-state index < -0.39 is 35.1 Å². The molecule has 5 rings (SSSR count). The van der Waals surface area contributed by atoms with Crippen LogP contribution in [0.3, 0.4) is 0 Å².